The maximum Gasteiger partial charge on any atom is 0.270 e. The molecular weight excluding hydrogens is 360 g/mol. The molecule has 6 heteroatoms. The number of nitrogens with zero attached hydrogens (tertiary/aromatic N) is 2. The summed E-state index contributed by atoms with van der Waals surface area (Å²) in [6.45, 7) is 0. The summed E-state index contributed by atoms with van der Waals surface area (Å²) in [4.78, 5) is 27.2. The van der Waals surface area contributed by atoms with Crippen molar-refractivity contribution in [3.05, 3.63) is 94.6 Å². The third-order valence-electron chi connectivity index (χ3n) is 4.15. The normalized spacial score (nSPS) is 12.5. The average Bonchev–Trinajstić information content (AvgIpc) is 2.70. The molecule has 1 heterocycles. The van der Waals surface area contributed by atoms with Crippen molar-refractivity contribution in [1.29, 1.82) is 0 Å². The molecule has 0 unspecified atom stereocenters. The second kappa shape index (κ2) is 7.09. The molecule has 0 atom stereocenters. The zero-order chi connectivity index (χ0) is 18.8. The summed E-state index contributed by atoms with van der Waals surface area (Å²) in [7, 11) is 0. The molecule has 0 aromatic heterocycles. The largest absolute Gasteiger partial charge is 0.275 e. The number of non-ortho nitro benzene ring substituents is 1. The van der Waals surface area contributed by atoms with Gasteiger partial charge in [0.25, 0.3) is 11.6 Å². The number of para-hydroxylation sites is 2. The van der Waals surface area contributed by atoms with Crippen LogP contribution < -0.4 is 4.90 Å². The first-order chi connectivity index (χ1) is 13.1. The fraction of sp³-hybridized carbons (Fsp3) is 0. The third kappa shape index (κ3) is 3.35. The van der Waals surface area contributed by atoms with Crippen molar-refractivity contribution in [1.82, 2.24) is 0 Å². The molecule has 0 fully saturated rings. The van der Waals surface area contributed by atoms with Crippen molar-refractivity contribution in [2.45, 2.75) is 9.79 Å². The summed E-state index contributed by atoms with van der Waals surface area (Å²) >= 11 is 1.63. The highest BCUT2D eigenvalue weighted by atomic mass is 32.2. The highest BCUT2D eigenvalue weighted by Gasteiger charge is 2.26. The van der Waals surface area contributed by atoms with Crippen molar-refractivity contribution in [3.63, 3.8) is 0 Å². The molecular formula is C21H14N2O3S. The summed E-state index contributed by atoms with van der Waals surface area (Å²) in [6, 6.07) is 21.7. The minimum absolute atomic E-state index is 0.00494. The van der Waals surface area contributed by atoms with Gasteiger partial charge in [0.05, 0.1) is 16.3 Å². The summed E-state index contributed by atoms with van der Waals surface area (Å²) in [5, 5.41) is 10.9. The maximum atomic E-state index is 13.0. The first-order valence-corrected chi connectivity index (χ1v) is 9.08. The zero-order valence-corrected chi connectivity index (χ0v) is 14.9. The molecule has 3 aromatic rings. The van der Waals surface area contributed by atoms with E-state index in [1.165, 1.54) is 18.2 Å². The fourth-order valence-electron chi connectivity index (χ4n) is 2.93. The van der Waals surface area contributed by atoms with Gasteiger partial charge in [-0.3, -0.25) is 19.8 Å². The van der Waals surface area contributed by atoms with E-state index in [0.717, 1.165) is 21.2 Å². The van der Waals surface area contributed by atoms with E-state index in [-0.39, 0.29) is 11.6 Å². The van der Waals surface area contributed by atoms with Crippen LogP contribution in [0.15, 0.2) is 88.7 Å². The van der Waals surface area contributed by atoms with E-state index >= 15 is 0 Å². The number of hydrogen-bond acceptors (Lipinski definition) is 4. The van der Waals surface area contributed by atoms with Crippen LogP contribution in [0.1, 0.15) is 5.56 Å². The molecule has 5 nitrogen and oxygen atoms in total. The number of fused-ring (bicyclic) bond motifs is 2. The van der Waals surface area contributed by atoms with E-state index in [0.29, 0.717) is 5.56 Å². The molecule has 0 N–H and O–H groups in total. The highest BCUT2D eigenvalue weighted by molar-refractivity contribution is 7.99. The van der Waals surface area contributed by atoms with Crippen LogP contribution in [0.4, 0.5) is 17.1 Å². The van der Waals surface area contributed by atoms with Gasteiger partial charge in [-0.05, 0) is 35.9 Å². The van der Waals surface area contributed by atoms with Crippen molar-refractivity contribution in [2.75, 3.05) is 4.90 Å². The van der Waals surface area contributed by atoms with Gasteiger partial charge in [-0.25, -0.2) is 0 Å². The maximum absolute atomic E-state index is 13.0. The van der Waals surface area contributed by atoms with Crippen LogP contribution in [0.2, 0.25) is 0 Å². The molecule has 3 aromatic carbocycles. The zero-order valence-electron chi connectivity index (χ0n) is 14.1. The van der Waals surface area contributed by atoms with Gasteiger partial charge in [0.1, 0.15) is 0 Å². The predicted molar refractivity (Wildman–Crippen MR) is 106 cm³/mol. The lowest BCUT2D eigenvalue weighted by molar-refractivity contribution is -0.384. The van der Waals surface area contributed by atoms with Gasteiger partial charge in [-0.2, -0.15) is 0 Å². The summed E-state index contributed by atoms with van der Waals surface area (Å²) < 4.78 is 0. The number of nitro benzene ring substituents is 1. The van der Waals surface area contributed by atoms with E-state index < -0.39 is 4.92 Å². The van der Waals surface area contributed by atoms with Crippen LogP contribution in [0.25, 0.3) is 6.08 Å². The van der Waals surface area contributed by atoms with E-state index in [9.17, 15) is 14.9 Å². The van der Waals surface area contributed by atoms with E-state index in [2.05, 4.69) is 0 Å². The van der Waals surface area contributed by atoms with Crippen LogP contribution >= 0.6 is 11.8 Å². The number of rotatable bonds is 3. The van der Waals surface area contributed by atoms with Crippen molar-refractivity contribution >= 4 is 40.8 Å². The van der Waals surface area contributed by atoms with Gasteiger partial charge in [0, 0.05) is 28.0 Å². The fourth-order valence-corrected chi connectivity index (χ4v) is 3.98. The monoisotopic (exact) mass is 374 g/mol. The van der Waals surface area contributed by atoms with Crippen molar-refractivity contribution in [3.8, 4) is 0 Å². The number of carbonyl (C=O) groups is 1. The second-order valence-corrected chi connectivity index (χ2v) is 6.98. The Morgan fingerprint density at radius 3 is 2.19 bits per heavy atom. The molecule has 1 aliphatic rings. The Balaban J connectivity index is 1.70. The van der Waals surface area contributed by atoms with Gasteiger partial charge in [0.2, 0.25) is 0 Å². The predicted octanol–water partition coefficient (Wildman–Crippen LogP) is 5.44. The lowest BCUT2D eigenvalue weighted by Gasteiger charge is -2.30. The number of anilines is 2. The molecule has 27 heavy (non-hydrogen) atoms. The van der Waals surface area contributed by atoms with Crippen molar-refractivity contribution < 1.29 is 9.72 Å². The SMILES string of the molecule is O=C(C=Cc1cccc([N+](=O)[O-])c1)N1c2ccccc2Sc2ccccc21. The van der Waals surface area contributed by atoms with Crippen molar-refractivity contribution in [2.24, 2.45) is 0 Å². The Hall–Kier alpha value is -3.38. The van der Waals surface area contributed by atoms with Gasteiger partial charge in [-0.1, -0.05) is 48.2 Å². The van der Waals surface area contributed by atoms with Crippen LogP contribution in [-0.4, -0.2) is 10.8 Å². The molecule has 0 saturated heterocycles. The Kier molecular flexibility index (Phi) is 4.48. The standard InChI is InChI=1S/C21H14N2O3S/c24-21(13-12-15-6-5-7-16(14-15)23(25)26)22-17-8-1-3-10-19(17)27-20-11-4-2-9-18(20)22/h1-14H. The summed E-state index contributed by atoms with van der Waals surface area (Å²) in [5.74, 6) is -0.207. The number of carbonyl (C=O) groups excluding carboxylic acids is 1. The summed E-state index contributed by atoms with van der Waals surface area (Å²) in [5.41, 5.74) is 2.25. The number of amides is 1. The molecule has 1 amide bonds. The molecule has 0 radical (unpaired) electrons. The topological polar surface area (TPSA) is 63.4 Å². The first kappa shape index (κ1) is 17.1. The summed E-state index contributed by atoms with van der Waals surface area (Å²) in [6.07, 6.45) is 3.05. The molecule has 1 aliphatic heterocycles. The Morgan fingerprint density at radius 2 is 1.56 bits per heavy atom. The molecule has 4 rings (SSSR count). The van der Waals surface area contributed by atoms with E-state index in [1.807, 2.05) is 48.5 Å². The number of benzene rings is 3. The third-order valence-corrected chi connectivity index (χ3v) is 5.28. The Bertz CT molecular complexity index is 1030. The smallest absolute Gasteiger partial charge is 0.270 e. The van der Waals surface area contributed by atoms with Gasteiger partial charge < -0.3 is 0 Å². The van der Waals surface area contributed by atoms with Crippen LogP contribution in [-0.2, 0) is 4.79 Å². The molecule has 0 aliphatic carbocycles. The number of nitro groups is 1. The molecule has 0 saturated carbocycles. The molecule has 0 spiro atoms. The first-order valence-electron chi connectivity index (χ1n) is 8.26. The van der Waals surface area contributed by atoms with Gasteiger partial charge in [0.15, 0.2) is 0 Å². The van der Waals surface area contributed by atoms with Crippen LogP contribution in [0, 0.1) is 10.1 Å². The van der Waals surface area contributed by atoms with Gasteiger partial charge in [-0.15, -0.1) is 0 Å². The molecule has 132 valence electrons. The Labute approximate surface area is 160 Å². The van der Waals surface area contributed by atoms with Crippen LogP contribution in [0.3, 0.4) is 0 Å². The van der Waals surface area contributed by atoms with E-state index in [1.54, 1.807) is 34.9 Å². The number of hydrogen-bond donors (Lipinski definition) is 0. The van der Waals surface area contributed by atoms with Gasteiger partial charge >= 0.3 is 0 Å². The van der Waals surface area contributed by atoms with Crippen LogP contribution in [0.5, 0.6) is 0 Å². The Morgan fingerprint density at radius 1 is 0.926 bits per heavy atom. The lowest BCUT2D eigenvalue weighted by atomic mass is 10.1. The highest BCUT2D eigenvalue weighted by Crippen LogP contribution is 2.47. The lowest BCUT2D eigenvalue weighted by Crippen LogP contribution is -2.26. The quantitative estimate of drug-likeness (QED) is 0.348. The average molecular weight is 374 g/mol. The minimum atomic E-state index is -0.451. The molecule has 0 bridgehead atoms. The van der Waals surface area contributed by atoms with E-state index in [4.69, 9.17) is 0 Å². The second-order valence-electron chi connectivity index (χ2n) is 5.90. The minimum Gasteiger partial charge on any atom is -0.275 e.